The summed E-state index contributed by atoms with van der Waals surface area (Å²) in [4.78, 5) is 21.1. The molecule has 0 N–H and O–H groups in total. The third kappa shape index (κ3) is 9.49. The average Bonchev–Trinajstić information content (AvgIpc) is 2.43. The van der Waals surface area contributed by atoms with E-state index in [-0.39, 0.29) is 11.5 Å². The molecule has 0 aliphatic rings. The van der Waals surface area contributed by atoms with Gasteiger partial charge in [-0.1, -0.05) is 13.2 Å². The van der Waals surface area contributed by atoms with Crippen molar-refractivity contribution in [1.82, 2.24) is 0 Å². The van der Waals surface area contributed by atoms with E-state index in [9.17, 15) is 14.2 Å². The third-order valence-electron chi connectivity index (χ3n) is 1.79. The molecule has 0 aromatic carbocycles. The summed E-state index contributed by atoms with van der Waals surface area (Å²) >= 11 is 0. The first-order chi connectivity index (χ1) is 9.13. The van der Waals surface area contributed by atoms with E-state index in [0.717, 1.165) is 0 Å². The maximum atomic E-state index is 11.3. The van der Waals surface area contributed by atoms with Crippen LogP contribution in [0.25, 0.3) is 0 Å². The van der Waals surface area contributed by atoms with Crippen LogP contribution in [0.2, 0.25) is 0 Å². The van der Waals surface area contributed by atoms with Gasteiger partial charge in [-0.25, -0.2) is 9.59 Å². The molecule has 0 spiro atoms. The summed E-state index contributed by atoms with van der Waals surface area (Å²) in [7, 11) is 0.514. The molecule has 8 heteroatoms. The number of hydrogen-bond donors (Lipinski definition) is 0. The van der Waals surface area contributed by atoms with E-state index in [1.165, 1.54) is 28.3 Å². The number of carbonyl (C=O) groups excluding carboxylic acids is 2. The minimum atomic E-state index is -3.26. The molecule has 0 aromatic rings. The highest BCUT2D eigenvalue weighted by atomic mass is 31.2. The van der Waals surface area contributed by atoms with Crippen LogP contribution in [0.4, 0.5) is 0 Å². The van der Waals surface area contributed by atoms with Crippen LogP contribution < -0.4 is 0 Å². The first kappa shape index (κ1) is 20.9. The van der Waals surface area contributed by atoms with Crippen molar-refractivity contribution in [2.24, 2.45) is 0 Å². The highest BCUT2D eigenvalue weighted by molar-refractivity contribution is 7.53. The molecule has 0 radical (unpaired) electrons. The molecule has 0 atom stereocenters. The minimum Gasteiger partial charge on any atom is -0.466 e. The van der Waals surface area contributed by atoms with E-state index in [2.05, 4.69) is 31.7 Å². The third-order valence-corrected chi connectivity index (χ3v) is 3.35. The predicted molar refractivity (Wildman–Crippen MR) is 74.2 cm³/mol. The molecular formula is C12H21O7P. The van der Waals surface area contributed by atoms with E-state index in [4.69, 9.17) is 0 Å². The monoisotopic (exact) mass is 308 g/mol. The van der Waals surface area contributed by atoms with Gasteiger partial charge < -0.3 is 18.5 Å². The Kier molecular flexibility index (Phi) is 10.8. The fourth-order valence-electron chi connectivity index (χ4n) is 0.615. The van der Waals surface area contributed by atoms with Crippen LogP contribution in [-0.4, -0.2) is 39.6 Å². The Hall–Kier alpha value is -1.43. The Bertz CT molecular complexity index is 406. The van der Waals surface area contributed by atoms with Gasteiger partial charge >= 0.3 is 19.5 Å². The molecule has 7 nitrogen and oxygen atoms in total. The molecule has 0 rings (SSSR count). The van der Waals surface area contributed by atoms with Gasteiger partial charge in [0, 0.05) is 25.4 Å². The van der Waals surface area contributed by atoms with Gasteiger partial charge in [-0.05, 0) is 13.8 Å². The van der Waals surface area contributed by atoms with Gasteiger partial charge in [-0.3, -0.25) is 4.57 Å². The first-order valence-electron chi connectivity index (χ1n) is 5.40. The normalized spacial score (nSPS) is 9.85. The van der Waals surface area contributed by atoms with E-state index in [1.807, 2.05) is 0 Å². The number of hydrogen-bond acceptors (Lipinski definition) is 7. The molecule has 0 amide bonds. The van der Waals surface area contributed by atoms with Crippen LogP contribution in [-0.2, 0) is 32.7 Å². The van der Waals surface area contributed by atoms with Gasteiger partial charge in [-0.2, -0.15) is 0 Å². The molecule has 0 aliphatic heterocycles. The summed E-state index contributed by atoms with van der Waals surface area (Å²) in [5, 5.41) is 0. The van der Waals surface area contributed by atoms with Crippen LogP contribution in [0.1, 0.15) is 13.8 Å². The van der Waals surface area contributed by atoms with E-state index in [0.29, 0.717) is 5.57 Å². The summed E-state index contributed by atoms with van der Waals surface area (Å²) in [6.45, 7) is 9.81. The van der Waals surface area contributed by atoms with E-state index < -0.39 is 19.9 Å². The smallest absolute Gasteiger partial charge is 0.367 e. The Morgan fingerprint density at radius 2 is 1.35 bits per heavy atom. The van der Waals surface area contributed by atoms with Crippen molar-refractivity contribution in [2.75, 3.05) is 27.7 Å². The lowest BCUT2D eigenvalue weighted by molar-refractivity contribution is -0.137. The van der Waals surface area contributed by atoms with Crippen molar-refractivity contribution in [3.8, 4) is 0 Å². The van der Waals surface area contributed by atoms with Crippen LogP contribution in [0.3, 0.4) is 0 Å². The van der Waals surface area contributed by atoms with E-state index in [1.54, 1.807) is 6.92 Å². The maximum absolute atomic E-state index is 11.3. The zero-order valence-electron chi connectivity index (χ0n) is 12.4. The molecule has 0 heterocycles. The fraction of sp³-hybridized carbons (Fsp3) is 0.500. The zero-order valence-corrected chi connectivity index (χ0v) is 13.3. The van der Waals surface area contributed by atoms with Crippen molar-refractivity contribution in [3.05, 3.63) is 24.3 Å². The summed E-state index contributed by atoms with van der Waals surface area (Å²) in [6.07, 6.45) is -0.397. The number of esters is 2. The van der Waals surface area contributed by atoms with Crippen molar-refractivity contribution >= 4 is 19.5 Å². The molecule has 0 unspecified atom stereocenters. The molecular weight excluding hydrogens is 287 g/mol. The SMILES string of the molecule is C=C(C)C(=O)OC.C=C(C)C(=O)OCP(=O)(OC)OC. The highest BCUT2D eigenvalue weighted by Gasteiger charge is 2.23. The van der Waals surface area contributed by atoms with Gasteiger partial charge in [0.15, 0.2) is 6.35 Å². The molecule has 0 aliphatic carbocycles. The van der Waals surface area contributed by atoms with Crippen LogP contribution >= 0.6 is 7.60 Å². The summed E-state index contributed by atoms with van der Waals surface area (Å²) in [6, 6.07) is 0. The lowest BCUT2D eigenvalue weighted by Crippen LogP contribution is -2.08. The summed E-state index contributed by atoms with van der Waals surface area (Å²) < 4.78 is 29.3. The number of methoxy groups -OCH3 is 1. The fourth-order valence-corrected chi connectivity index (χ4v) is 1.25. The summed E-state index contributed by atoms with van der Waals surface area (Å²) in [5.41, 5.74) is 0.668. The quantitative estimate of drug-likeness (QED) is 0.422. The number of ether oxygens (including phenoxy) is 2. The second kappa shape index (κ2) is 10.4. The lowest BCUT2D eigenvalue weighted by Gasteiger charge is -2.13. The molecule has 0 saturated carbocycles. The van der Waals surface area contributed by atoms with Gasteiger partial charge in [-0.15, -0.1) is 0 Å². The van der Waals surface area contributed by atoms with Gasteiger partial charge in [0.2, 0.25) is 0 Å². The Balaban J connectivity index is 0. The second-order valence-corrected chi connectivity index (χ2v) is 5.80. The number of rotatable bonds is 6. The van der Waals surface area contributed by atoms with Crippen molar-refractivity contribution < 1.29 is 32.7 Å². The summed E-state index contributed by atoms with van der Waals surface area (Å²) in [5.74, 6) is -0.964. The molecule has 0 aromatic heterocycles. The van der Waals surface area contributed by atoms with Gasteiger partial charge in [0.25, 0.3) is 0 Å². The molecule has 0 fully saturated rings. The van der Waals surface area contributed by atoms with Crippen LogP contribution in [0, 0.1) is 0 Å². The molecule has 20 heavy (non-hydrogen) atoms. The largest absolute Gasteiger partial charge is 0.466 e. The van der Waals surface area contributed by atoms with E-state index >= 15 is 0 Å². The van der Waals surface area contributed by atoms with Gasteiger partial charge in [0.05, 0.1) is 7.11 Å². The topological polar surface area (TPSA) is 88.1 Å². The minimum absolute atomic E-state index is 0.235. The zero-order chi connectivity index (χ0) is 16.3. The molecule has 0 bridgehead atoms. The Morgan fingerprint density at radius 1 is 0.950 bits per heavy atom. The first-order valence-corrected chi connectivity index (χ1v) is 7.13. The second-order valence-electron chi connectivity index (χ2n) is 3.59. The molecule has 0 saturated heterocycles. The van der Waals surface area contributed by atoms with Gasteiger partial charge in [0.1, 0.15) is 0 Å². The lowest BCUT2D eigenvalue weighted by atomic mass is 10.4. The van der Waals surface area contributed by atoms with Crippen molar-refractivity contribution in [1.29, 1.82) is 0 Å². The van der Waals surface area contributed by atoms with Crippen molar-refractivity contribution in [3.63, 3.8) is 0 Å². The maximum Gasteiger partial charge on any atom is 0.367 e. The number of carbonyl (C=O) groups is 2. The predicted octanol–water partition coefficient (Wildman–Crippen LogP) is 2.28. The Labute approximate surface area is 119 Å². The van der Waals surface area contributed by atoms with Crippen molar-refractivity contribution in [2.45, 2.75) is 13.8 Å². The molecule has 116 valence electrons. The van der Waals surface area contributed by atoms with Crippen LogP contribution in [0.15, 0.2) is 24.3 Å². The van der Waals surface area contributed by atoms with Crippen LogP contribution in [0.5, 0.6) is 0 Å². The Morgan fingerprint density at radius 3 is 1.55 bits per heavy atom. The average molecular weight is 308 g/mol. The standard InChI is InChI=1S/C7H13O5P.C5H8O2/c1-6(2)7(8)12-5-13(9,10-3)11-4;1-4(2)5(6)7-3/h1,5H2,2-4H3;1H2,2-3H3. The highest BCUT2D eigenvalue weighted by Crippen LogP contribution is 2.46.